The molecule has 1 aromatic heterocycles. The minimum absolute atomic E-state index is 0.120. The maximum Gasteiger partial charge on any atom is 0.356 e. The van der Waals surface area contributed by atoms with Crippen LogP contribution in [-0.4, -0.2) is 22.8 Å². The summed E-state index contributed by atoms with van der Waals surface area (Å²) in [7, 11) is 1.46. The highest BCUT2D eigenvalue weighted by molar-refractivity contribution is 5.89. The van der Waals surface area contributed by atoms with Gasteiger partial charge in [-0.25, -0.2) is 4.79 Å². The molecule has 0 fully saturated rings. The normalized spacial score (nSPS) is 10.5. The van der Waals surface area contributed by atoms with Crippen molar-refractivity contribution >= 4 is 5.97 Å². The lowest BCUT2D eigenvalue weighted by atomic mass is 10.3. The summed E-state index contributed by atoms with van der Waals surface area (Å²) < 4.78 is 6.60. The van der Waals surface area contributed by atoms with E-state index in [4.69, 9.17) is 9.84 Å². The largest absolute Gasteiger partial charge is 0.494 e. The van der Waals surface area contributed by atoms with Crippen LogP contribution in [-0.2, 0) is 0 Å². The van der Waals surface area contributed by atoms with E-state index in [1.54, 1.807) is 16.8 Å². The van der Waals surface area contributed by atoms with E-state index in [1.165, 1.54) is 7.11 Å². The standard InChI is InChI=1S/C9H13NO3/c1-6(2)10-5-4-7(13-3)8(10)9(11)12/h4-6H,1-3H3,(H,11,12). The van der Waals surface area contributed by atoms with E-state index >= 15 is 0 Å². The number of carboxylic acid groups (broad SMARTS) is 1. The summed E-state index contributed by atoms with van der Waals surface area (Å²) in [5.41, 5.74) is 0.206. The Bertz CT molecular complexity index is 315. The fourth-order valence-electron chi connectivity index (χ4n) is 1.24. The van der Waals surface area contributed by atoms with Crippen LogP contribution in [0.15, 0.2) is 12.3 Å². The van der Waals surface area contributed by atoms with Crippen molar-refractivity contribution in [1.29, 1.82) is 0 Å². The third-order valence-electron chi connectivity index (χ3n) is 1.86. The summed E-state index contributed by atoms with van der Waals surface area (Å²) in [5.74, 6) is -0.559. The van der Waals surface area contributed by atoms with Crippen molar-refractivity contribution in [3.8, 4) is 5.75 Å². The number of carbonyl (C=O) groups is 1. The number of aromatic carboxylic acids is 1. The van der Waals surface area contributed by atoms with Crippen molar-refractivity contribution in [1.82, 2.24) is 4.57 Å². The molecular formula is C9H13NO3. The van der Waals surface area contributed by atoms with Gasteiger partial charge in [-0.2, -0.15) is 0 Å². The molecule has 72 valence electrons. The molecular weight excluding hydrogens is 170 g/mol. The Morgan fingerprint density at radius 2 is 2.23 bits per heavy atom. The molecule has 0 saturated heterocycles. The maximum absolute atomic E-state index is 10.9. The van der Waals surface area contributed by atoms with Gasteiger partial charge < -0.3 is 14.4 Å². The van der Waals surface area contributed by atoms with Gasteiger partial charge in [0, 0.05) is 12.2 Å². The summed E-state index contributed by atoms with van der Waals surface area (Å²) in [4.78, 5) is 10.9. The highest BCUT2D eigenvalue weighted by atomic mass is 16.5. The molecule has 0 aliphatic heterocycles. The molecule has 4 heteroatoms. The highest BCUT2D eigenvalue weighted by Crippen LogP contribution is 2.22. The van der Waals surface area contributed by atoms with Crippen LogP contribution in [0.25, 0.3) is 0 Å². The van der Waals surface area contributed by atoms with Gasteiger partial charge in [0.05, 0.1) is 7.11 Å². The van der Waals surface area contributed by atoms with Crippen LogP contribution in [0.3, 0.4) is 0 Å². The Morgan fingerprint density at radius 3 is 2.62 bits per heavy atom. The average Bonchev–Trinajstić information content (AvgIpc) is 2.46. The molecule has 0 saturated carbocycles. The van der Waals surface area contributed by atoms with Gasteiger partial charge >= 0.3 is 5.97 Å². The van der Waals surface area contributed by atoms with Crippen molar-refractivity contribution in [3.63, 3.8) is 0 Å². The first-order valence-corrected chi connectivity index (χ1v) is 4.06. The monoisotopic (exact) mass is 183 g/mol. The number of ether oxygens (including phenoxy) is 1. The molecule has 0 bridgehead atoms. The van der Waals surface area contributed by atoms with Gasteiger partial charge in [0.25, 0.3) is 0 Å². The number of carboxylic acids is 1. The van der Waals surface area contributed by atoms with E-state index in [9.17, 15) is 4.79 Å². The molecule has 0 atom stereocenters. The molecule has 1 aromatic rings. The number of rotatable bonds is 3. The van der Waals surface area contributed by atoms with E-state index in [-0.39, 0.29) is 11.7 Å². The second-order valence-corrected chi connectivity index (χ2v) is 3.04. The fraction of sp³-hybridized carbons (Fsp3) is 0.444. The van der Waals surface area contributed by atoms with Crippen molar-refractivity contribution in [3.05, 3.63) is 18.0 Å². The van der Waals surface area contributed by atoms with Crippen LogP contribution in [0, 0.1) is 0 Å². The molecule has 13 heavy (non-hydrogen) atoms. The topological polar surface area (TPSA) is 51.5 Å². The van der Waals surface area contributed by atoms with Gasteiger partial charge in [0.2, 0.25) is 0 Å². The van der Waals surface area contributed by atoms with E-state index in [0.717, 1.165) is 0 Å². The third-order valence-corrected chi connectivity index (χ3v) is 1.86. The Labute approximate surface area is 76.7 Å². The van der Waals surface area contributed by atoms with Crippen LogP contribution in [0.5, 0.6) is 5.75 Å². The van der Waals surface area contributed by atoms with Crippen LogP contribution in [0.2, 0.25) is 0 Å². The quantitative estimate of drug-likeness (QED) is 0.777. The van der Waals surface area contributed by atoms with Gasteiger partial charge in [-0.3, -0.25) is 0 Å². The lowest BCUT2D eigenvalue weighted by Gasteiger charge is -2.10. The van der Waals surface area contributed by atoms with Crippen LogP contribution in [0.4, 0.5) is 0 Å². The van der Waals surface area contributed by atoms with E-state index in [1.807, 2.05) is 13.8 Å². The Balaban J connectivity index is 3.22. The van der Waals surface area contributed by atoms with E-state index < -0.39 is 5.97 Å². The Morgan fingerprint density at radius 1 is 1.62 bits per heavy atom. The van der Waals surface area contributed by atoms with Gasteiger partial charge in [0.15, 0.2) is 11.4 Å². The van der Waals surface area contributed by atoms with Gasteiger partial charge in [-0.1, -0.05) is 0 Å². The smallest absolute Gasteiger partial charge is 0.356 e. The molecule has 1 heterocycles. The Hall–Kier alpha value is -1.45. The van der Waals surface area contributed by atoms with Crippen molar-refractivity contribution in [2.24, 2.45) is 0 Å². The number of nitrogens with zero attached hydrogens (tertiary/aromatic N) is 1. The third kappa shape index (κ3) is 1.66. The molecule has 4 nitrogen and oxygen atoms in total. The second-order valence-electron chi connectivity index (χ2n) is 3.04. The minimum atomic E-state index is -0.962. The van der Waals surface area contributed by atoms with Crippen molar-refractivity contribution in [2.75, 3.05) is 7.11 Å². The number of hydrogen-bond donors (Lipinski definition) is 1. The molecule has 0 amide bonds. The second kappa shape index (κ2) is 3.51. The molecule has 0 radical (unpaired) electrons. The maximum atomic E-state index is 10.9. The molecule has 0 aromatic carbocycles. The molecule has 0 aliphatic carbocycles. The summed E-state index contributed by atoms with van der Waals surface area (Å²) >= 11 is 0. The summed E-state index contributed by atoms with van der Waals surface area (Å²) in [6.07, 6.45) is 1.72. The number of methoxy groups -OCH3 is 1. The summed E-state index contributed by atoms with van der Waals surface area (Å²) in [5, 5.41) is 8.91. The zero-order valence-corrected chi connectivity index (χ0v) is 7.94. The number of hydrogen-bond acceptors (Lipinski definition) is 2. The molecule has 0 aliphatic rings. The van der Waals surface area contributed by atoms with Gasteiger partial charge in [-0.15, -0.1) is 0 Å². The predicted molar refractivity (Wildman–Crippen MR) is 48.3 cm³/mol. The molecule has 1 N–H and O–H groups in total. The first-order chi connectivity index (χ1) is 6.07. The zero-order chi connectivity index (χ0) is 10.0. The van der Waals surface area contributed by atoms with E-state index in [0.29, 0.717) is 5.75 Å². The summed E-state index contributed by atoms with van der Waals surface area (Å²) in [6.45, 7) is 3.84. The van der Waals surface area contributed by atoms with Crippen LogP contribution < -0.4 is 4.74 Å². The van der Waals surface area contributed by atoms with Gasteiger partial charge in [0.1, 0.15) is 0 Å². The predicted octanol–water partition coefficient (Wildman–Crippen LogP) is 1.78. The van der Waals surface area contributed by atoms with E-state index in [2.05, 4.69) is 0 Å². The van der Waals surface area contributed by atoms with Crippen molar-refractivity contribution in [2.45, 2.75) is 19.9 Å². The van der Waals surface area contributed by atoms with Crippen molar-refractivity contribution < 1.29 is 14.6 Å². The SMILES string of the molecule is COc1ccn(C(C)C)c1C(=O)O. The lowest BCUT2D eigenvalue weighted by Crippen LogP contribution is -2.10. The first kappa shape index (κ1) is 9.64. The lowest BCUT2D eigenvalue weighted by molar-refractivity contribution is 0.0679. The highest BCUT2D eigenvalue weighted by Gasteiger charge is 2.17. The van der Waals surface area contributed by atoms with Crippen LogP contribution in [0.1, 0.15) is 30.4 Å². The first-order valence-electron chi connectivity index (χ1n) is 4.06. The molecule has 0 spiro atoms. The summed E-state index contributed by atoms with van der Waals surface area (Å²) in [6, 6.07) is 1.78. The Kier molecular flexibility index (Phi) is 2.60. The number of aromatic nitrogens is 1. The molecule has 1 rings (SSSR count). The average molecular weight is 183 g/mol. The van der Waals surface area contributed by atoms with Crippen LogP contribution >= 0.6 is 0 Å². The zero-order valence-electron chi connectivity index (χ0n) is 7.94. The fourth-order valence-corrected chi connectivity index (χ4v) is 1.24. The van der Waals surface area contributed by atoms with Gasteiger partial charge in [-0.05, 0) is 19.9 Å². The molecule has 0 unspecified atom stereocenters. The minimum Gasteiger partial charge on any atom is -0.494 e.